The van der Waals surface area contributed by atoms with Crippen LogP contribution in [-0.2, 0) is 4.74 Å². The van der Waals surface area contributed by atoms with Crippen molar-refractivity contribution in [1.82, 2.24) is 10.2 Å². The molecule has 23 heavy (non-hydrogen) atoms. The zero-order valence-corrected chi connectivity index (χ0v) is 14.6. The monoisotopic (exact) mass is 338 g/mol. The summed E-state index contributed by atoms with van der Waals surface area (Å²) in [5, 5.41) is 3.77. The van der Waals surface area contributed by atoms with Crippen molar-refractivity contribution >= 4 is 17.6 Å². The summed E-state index contributed by atoms with van der Waals surface area (Å²) in [6, 6.07) is 7.94. The molecule has 0 saturated carbocycles. The highest BCUT2D eigenvalue weighted by Crippen LogP contribution is 2.34. The number of halogens is 1. The van der Waals surface area contributed by atoms with Crippen molar-refractivity contribution < 1.29 is 9.53 Å². The maximum absolute atomic E-state index is 12.6. The number of benzene rings is 1. The number of nitrogens with zero attached hydrogens (tertiary/aromatic N) is 1. The molecule has 0 aliphatic carbocycles. The fourth-order valence-corrected chi connectivity index (χ4v) is 3.30. The van der Waals surface area contributed by atoms with Gasteiger partial charge in [0.2, 0.25) is 0 Å². The first-order valence-corrected chi connectivity index (χ1v) is 8.98. The molecule has 1 atom stereocenters. The molecule has 1 aromatic carbocycles. The first-order chi connectivity index (χ1) is 11.2. The molecular weight excluding hydrogens is 312 g/mol. The zero-order chi connectivity index (χ0) is 16.5. The molecule has 0 spiro atoms. The number of carbonyl (C=O) groups excluding carboxylic acids is 1. The van der Waals surface area contributed by atoms with E-state index < -0.39 is 0 Å². The van der Waals surface area contributed by atoms with Crippen molar-refractivity contribution in [3.8, 4) is 0 Å². The van der Waals surface area contributed by atoms with Gasteiger partial charge in [0.05, 0.1) is 6.04 Å². The lowest BCUT2D eigenvalue weighted by Gasteiger charge is -2.31. The van der Waals surface area contributed by atoms with Gasteiger partial charge in [0.1, 0.15) is 0 Å². The molecule has 1 heterocycles. The number of hydrogen-bond acceptors (Lipinski definition) is 2. The Morgan fingerprint density at radius 2 is 2.17 bits per heavy atom. The summed E-state index contributed by atoms with van der Waals surface area (Å²) in [5.41, 5.74) is 1.06. The highest BCUT2D eigenvalue weighted by molar-refractivity contribution is 6.31. The molecular formula is C18H27ClN2O2. The summed E-state index contributed by atoms with van der Waals surface area (Å²) in [6.07, 6.45) is 5.15. The first kappa shape index (κ1) is 18.1. The number of carbonyl (C=O) groups is 1. The number of urea groups is 1. The van der Waals surface area contributed by atoms with Crippen molar-refractivity contribution in [2.75, 3.05) is 26.3 Å². The van der Waals surface area contributed by atoms with Gasteiger partial charge >= 0.3 is 6.03 Å². The van der Waals surface area contributed by atoms with Crippen molar-refractivity contribution in [3.05, 3.63) is 34.9 Å². The average Bonchev–Trinajstić information content (AvgIpc) is 2.81. The summed E-state index contributed by atoms with van der Waals surface area (Å²) in [7, 11) is 0. The summed E-state index contributed by atoms with van der Waals surface area (Å²) in [5.74, 6) is 0. The van der Waals surface area contributed by atoms with Crippen LogP contribution in [0, 0.1) is 0 Å². The van der Waals surface area contributed by atoms with Crippen LogP contribution in [0.4, 0.5) is 4.79 Å². The molecule has 1 unspecified atom stereocenters. The maximum atomic E-state index is 12.6. The van der Waals surface area contributed by atoms with E-state index in [1.54, 1.807) is 0 Å². The van der Waals surface area contributed by atoms with Gasteiger partial charge < -0.3 is 15.0 Å². The fourth-order valence-electron chi connectivity index (χ4n) is 3.04. The Morgan fingerprint density at radius 1 is 1.35 bits per heavy atom. The van der Waals surface area contributed by atoms with Crippen LogP contribution >= 0.6 is 11.6 Å². The van der Waals surface area contributed by atoms with Crippen LogP contribution in [0.1, 0.15) is 50.6 Å². The smallest absolute Gasteiger partial charge is 0.317 e. The molecule has 2 amide bonds. The minimum atomic E-state index is 0.00770. The molecule has 1 aliphatic rings. The molecule has 1 N–H and O–H groups in total. The second kappa shape index (κ2) is 9.78. The topological polar surface area (TPSA) is 41.6 Å². The normalized spacial score (nSPS) is 18.5. The van der Waals surface area contributed by atoms with E-state index in [2.05, 4.69) is 5.32 Å². The highest BCUT2D eigenvalue weighted by atomic mass is 35.5. The van der Waals surface area contributed by atoms with Crippen molar-refractivity contribution in [2.24, 2.45) is 0 Å². The average molecular weight is 339 g/mol. The van der Waals surface area contributed by atoms with E-state index in [1.807, 2.05) is 36.1 Å². The number of ether oxygens (including phenoxy) is 1. The molecule has 1 saturated heterocycles. The van der Waals surface area contributed by atoms with Crippen LogP contribution in [0.3, 0.4) is 0 Å². The lowest BCUT2D eigenvalue weighted by molar-refractivity contribution is 0.142. The van der Waals surface area contributed by atoms with Gasteiger partial charge in [-0.25, -0.2) is 4.79 Å². The zero-order valence-electron chi connectivity index (χ0n) is 13.9. The molecule has 1 fully saturated rings. The number of rotatable bonds is 6. The standard InChI is InChI=1S/C18H27ClN2O2/c1-2-23-14-8-12-20-18(22)21-13-7-3-4-11-17(21)15-9-5-6-10-16(15)19/h5-6,9-10,17H,2-4,7-8,11-14H2,1H3,(H,20,22). The number of amides is 2. The number of likely N-dealkylation sites (tertiary alicyclic amines) is 1. The quantitative estimate of drug-likeness (QED) is 0.781. The predicted octanol–water partition coefficient (Wildman–Crippen LogP) is 4.39. The molecule has 0 bridgehead atoms. The van der Waals surface area contributed by atoms with Crippen LogP contribution in [0.15, 0.2) is 24.3 Å². The molecule has 0 aromatic heterocycles. The van der Waals surface area contributed by atoms with Gasteiger partial charge in [0, 0.05) is 31.3 Å². The van der Waals surface area contributed by atoms with Gasteiger partial charge in [0.15, 0.2) is 0 Å². The van der Waals surface area contributed by atoms with Crippen molar-refractivity contribution in [2.45, 2.75) is 45.1 Å². The van der Waals surface area contributed by atoms with Crippen LogP contribution in [0.2, 0.25) is 5.02 Å². The van der Waals surface area contributed by atoms with E-state index in [9.17, 15) is 4.79 Å². The van der Waals surface area contributed by atoms with Gasteiger partial charge in [-0.3, -0.25) is 0 Å². The van der Waals surface area contributed by atoms with Crippen molar-refractivity contribution in [3.63, 3.8) is 0 Å². The van der Waals surface area contributed by atoms with E-state index in [0.29, 0.717) is 19.8 Å². The Bertz CT molecular complexity index is 496. The molecule has 128 valence electrons. The predicted molar refractivity (Wildman–Crippen MR) is 93.9 cm³/mol. The third-order valence-electron chi connectivity index (χ3n) is 4.22. The first-order valence-electron chi connectivity index (χ1n) is 8.60. The maximum Gasteiger partial charge on any atom is 0.317 e. The minimum absolute atomic E-state index is 0.00770. The molecule has 1 aromatic rings. The Morgan fingerprint density at radius 3 is 2.96 bits per heavy atom. The SMILES string of the molecule is CCOCCCNC(=O)N1CCCCCC1c1ccccc1Cl. The molecule has 2 rings (SSSR count). The lowest BCUT2D eigenvalue weighted by atomic mass is 10.0. The molecule has 5 heteroatoms. The Labute approximate surface area is 144 Å². The lowest BCUT2D eigenvalue weighted by Crippen LogP contribution is -2.42. The van der Waals surface area contributed by atoms with E-state index >= 15 is 0 Å². The summed E-state index contributed by atoms with van der Waals surface area (Å²) < 4.78 is 5.30. The van der Waals surface area contributed by atoms with Gasteiger partial charge in [-0.05, 0) is 37.8 Å². The van der Waals surface area contributed by atoms with E-state index in [1.165, 1.54) is 0 Å². The van der Waals surface area contributed by atoms with Crippen LogP contribution < -0.4 is 5.32 Å². The number of nitrogens with one attached hydrogen (secondary N) is 1. The molecule has 0 radical (unpaired) electrons. The summed E-state index contributed by atoms with van der Waals surface area (Å²) in [6.45, 7) is 4.81. The Hall–Kier alpha value is -1.26. The summed E-state index contributed by atoms with van der Waals surface area (Å²) >= 11 is 6.37. The largest absolute Gasteiger partial charge is 0.382 e. The van der Waals surface area contributed by atoms with E-state index in [4.69, 9.17) is 16.3 Å². The summed E-state index contributed by atoms with van der Waals surface area (Å²) in [4.78, 5) is 14.6. The molecule has 4 nitrogen and oxygen atoms in total. The van der Waals surface area contributed by atoms with Crippen LogP contribution in [0.5, 0.6) is 0 Å². The van der Waals surface area contributed by atoms with Crippen LogP contribution in [0.25, 0.3) is 0 Å². The van der Waals surface area contributed by atoms with E-state index in [0.717, 1.165) is 49.2 Å². The van der Waals surface area contributed by atoms with Gasteiger partial charge in [0.25, 0.3) is 0 Å². The Kier molecular flexibility index (Phi) is 7.69. The molecule has 1 aliphatic heterocycles. The van der Waals surface area contributed by atoms with Crippen LogP contribution in [-0.4, -0.2) is 37.2 Å². The van der Waals surface area contributed by atoms with E-state index in [-0.39, 0.29) is 12.1 Å². The van der Waals surface area contributed by atoms with Crippen molar-refractivity contribution in [1.29, 1.82) is 0 Å². The highest BCUT2D eigenvalue weighted by Gasteiger charge is 2.27. The van der Waals surface area contributed by atoms with Gasteiger partial charge in [-0.15, -0.1) is 0 Å². The Balaban J connectivity index is 2.00. The fraction of sp³-hybridized carbons (Fsp3) is 0.611. The minimum Gasteiger partial charge on any atom is -0.382 e. The third-order valence-corrected chi connectivity index (χ3v) is 4.57. The second-order valence-electron chi connectivity index (χ2n) is 5.86. The second-order valence-corrected chi connectivity index (χ2v) is 6.27. The third kappa shape index (κ3) is 5.40. The van der Waals surface area contributed by atoms with Gasteiger partial charge in [-0.2, -0.15) is 0 Å². The number of hydrogen-bond donors (Lipinski definition) is 1. The van der Waals surface area contributed by atoms with Gasteiger partial charge in [-0.1, -0.05) is 42.6 Å².